The number of rotatable bonds is 13. The van der Waals surface area contributed by atoms with Crippen LogP contribution in [0, 0.1) is 17.1 Å². The number of hydrogen-bond acceptors (Lipinski definition) is 10. The molecule has 0 aliphatic carbocycles. The van der Waals surface area contributed by atoms with Crippen LogP contribution in [0.25, 0.3) is 10.9 Å². The number of halogens is 2. The number of amides is 1. The van der Waals surface area contributed by atoms with Crippen LogP contribution in [0.15, 0.2) is 72.9 Å². The number of aliphatic hydroxyl groups is 2. The van der Waals surface area contributed by atoms with Crippen molar-refractivity contribution in [3.63, 3.8) is 0 Å². The van der Waals surface area contributed by atoms with Crippen LogP contribution in [0.5, 0.6) is 11.5 Å². The molecular formula is C35H37ClFN5O6. The van der Waals surface area contributed by atoms with Crippen molar-refractivity contribution in [2.24, 2.45) is 0 Å². The van der Waals surface area contributed by atoms with E-state index < -0.39 is 5.91 Å². The van der Waals surface area contributed by atoms with Gasteiger partial charge < -0.3 is 35.4 Å². The number of carbonyl (C=O) groups is 1. The minimum Gasteiger partial charge on any atom is -0.506 e. The summed E-state index contributed by atoms with van der Waals surface area (Å²) in [6, 6.07) is 16.0. The molecule has 252 valence electrons. The van der Waals surface area contributed by atoms with E-state index >= 15 is 0 Å². The number of anilines is 3. The Labute approximate surface area is 282 Å². The Hall–Kier alpha value is -4.77. The Morgan fingerprint density at radius 2 is 1.90 bits per heavy atom. The number of aliphatic hydroxyl groups excluding tert-OH is 2. The number of aromatic nitrogens is 1. The zero-order chi connectivity index (χ0) is 34.3. The Morgan fingerprint density at radius 3 is 2.54 bits per heavy atom. The second-order valence-corrected chi connectivity index (χ2v) is 11.1. The van der Waals surface area contributed by atoms with E-state index in [0.717, 1.165) is 13.2 Å². The summed E-state index contributed by atoms with van der Waals surface area (Å²) in [6.07, 6.45) is 6.79. The first-order chi connectivity index (χ1) is 23.3. The van der Waals surface area contributed by atoms with Crippen LogP contribution in [0.4, 0.5) is 21.5 Å². The van der Waals surface area contributed by atoms with Gasteiger partial charge in [-0.15, -0.1) is 0 Å². The predicted octanol–water partition coefficient (Wildman–Crippen LogP) is 5.51. The van der Waals surface area contributed by atoms with E-state index in [0.29, 0.717) is 53.2 Å². The van der Waals surface area contributed by atoms with Gasteiger partial charge in [0.2, 0.25) is 5.91 Å². The van der Waals surface area contributed by atoms with Crippen molar-refractivity contribution < 1.29 is 34.0 Å². The fourth-order valence-corrected chi connectivity index (χ4v) is 4.98. The Balaban J connectivity index is 0.000000950. The number of aromatic hydroxyl groups is 1. The van der Waals surface area contributed by atoms with E-state index in [1.807, 2.05) is 0 Å². The highest BCUT2D eigenvalue weighted by Crippen LogP contribution is 2.37. The van der Waals surface area contributed by atoms with Gasteiger partial charge in [0.25, 0.3) is 0 Å². The number of ether oxygens (including phenoxy) is 2. The van der Waals surface area contributed by atoms with E-state index in [-0.39, 0.29) is 47.7 Å². The average molecular weight is 678 g/mol. The molecule has 0 saturated carbocycles. The first-order valence-electron chi connectivity index (χ1n) is 15.3. The summed E-state index contributed by atoms with van der Waals surface area (Å²) >= 11 is 6.45. The standard InChI is InChI=1S/C31H29ClFN5O5.C4H8O/c32-25-14-23(6-7-29(25)43-19-20-3-1-4-22(33)13-20)36-31-21(17-34)18-35-26-16-28(41)27(15-24(26)31)37-30(42)5-2-8-38(9-11-39)10-12-40;1-2-4-5-3-1/h1-7,13-16,18,39-41H,8-12,19H2,(H,35,36)(H,37,42);1-4H2/b5-2+;. The molecule has 1 amide bonds. The van der Waals surface area contributed by atoms with Gasteiger partial charge >= 0.3 is 0 Å². The van der Waals surface area contributed by atoms with Crippen molar-refractivity contribution in [3.8, 4) is 17.6 Å². The quantitative estimate of drug-likeness (QED) is 0.0902. The molecule has 4 aromatic rings. The normalized spacial score (nSPS) is 12.5. The van der Waals surface area contributed by atoms with Crippen molar-refractivity contribution in [1.82, 2.24) is 9.88 Å². The molecule has 11 nitrogen and oxygen atoms in total. The van der Waals surface area contributed by atoms with Crippen LogP contribution < -0.4 is 15.4 Å². The second kappa shape index (κ2) is 18.5. The van der Waals surface area contributed by atoms with Crippen LogP contribution in [0.3, 0.4) is 0 Å². The van der Waals surface area contributed by atoms with Gasteiger partial charge in [-0.05, 0) is 54.8 Å². The maximum absolute atomic E-state index is 13.5. The molecule has 1 aliphatic rings. The van der Waals surface area contributed by atoms with Gasteiger partial charge in [0.1, 0.15) is 30.0 Å². The SMILES string of the molecule is C1CCOC1.N#Cc1cnc2cc(O)c(NC(=O)/C=C/CN(CCO)CCO)cc2c1Nc1ccc(OCc2cccc(F)c2)c(Cl)c1. The summed E-state index contributed by atoms with van der Waals surface area (Å²) in [7, 11) is 0. The molecule has 0 radical (unpaired) electrons. The summed E-state index contributed by atoms with van der Waals surface area (Å²) in [5, 5.41) is 45.1. The van der Waals surface area contributed by atoms with Gasteiger partial charge in [-0.1, -0.05) is 29.8 Å². The van der Waals surface area contributed by atoms with Crippen LogP contribution >= 0.6 is 11.6 Å². The molecule has 1 aromatic heterocycles. The van der Waals surface area contributed by atoms with Crippen LogP contribution in [0.2, 0.25) is 5.02 Å². The molecule has 13 heteroatoms. The molecule has 0 atom stereocenters. The van der Waals surface area contributed by atoms with E-state index in [2.05, 4.69) is 21.7 Å². The number of benzene rings is 3. The van der Waals surface area contributed by atoms with E-state index in [4.69, 9.17) is 31.3 Å². The number of phenols is 1. The van der Waals surface area contributed by atoms with Crippen LogP contribution in [0.1, 0.15) is 24.0 Å². The maximum Gasteiger partial charge on any atom is 0.248 e. The van der Waals surface area contributed by atoms with Gasteiger partial charge in [-0.3, -0.25) is 14.7 Å². The lowest BCUT2D eigenvalue weighted by atomic mass is 10.1. The van der Waals surface area contributed by atoms with Gasteiger partial charge in [-0.25, -0.2) is 4.39 Å². The molecule has 1 fully saturated rings. The van der Waals surface area contributed by atoms with Crippen LogP contribution in [-0.2, 0) is 16.1 Å². The highest BCUT2D eigenvalue weighted by Gasteiger charge is 2.15. The van der Waals surface area contributed by atoms with E-state index in [1.54, 1.807) is 41.3 Å². The molecular weight excluding hydrogens is 641 g/mol. The molecule has 0 unspecified atom stereocenters. The fraction of sp³-hybridized carbons (Fsp3) is 0.286. The maximum atomic E-state index is 13.5. The topological polar surface area (TPSA) is 160 Å². The number of nitrogens with zero attached hydrogens (tertiary/aromatic N) is 3. The molecule has 5 rings (SSSR count). The zero-order valence-corrected chi connectivity index (χ0v) is 26.9. The summed E-state index contributed by atoms with van der Waals surface area (Å²) in [5.74, 6) is -0.711. The summed E-state index contributed by atoms with van der Waals surface area (Å²) in [5.41, 5.74) is 2.25. The molecule has 1 saturated heterocycles. The number of pyridine rings is 1. The minimum atomic E-state index is -0.512. The zero-order valence-electron chi connectivity index (χ0n) is 26.2. The molecule has 5 N–H and O–H groups in total. The number of fused-ring (bicyclic) bond motifs is 1. The lowest BCUT2D eigenvalue weighted by Gasteiger charge is -2.17. The minimum absolute atomic E-state index is 0.0826. The summed E-state index contributed by atoms with van der Waals surface area (Å²) in [6.45, 7) is 2.98. The third-order valence-electron chi connectivity index (χ3n) is 7.14. The van der Waals surface area contributed by atoms with E-state index in [1.165, 1.54) is 49.4 Å². The number of nitrogens with one attached hydrogen (secondary N) is 2. The summed E-state index contributed by atoms with van der Waals surface area (Å²) in [4.78, 5) is 18.6. The van der Waals surface area contributed by atoms with Gasteiger partial charge in [0, 0.05) is 62.3 Å². The molecule has 1 aliphatic heterocycles. The lowest BCUT2D eigenvalue weighted by molar-refractivity contribution is -0.111. The van der Waals surface area contributed by atoms with Gasteiger partial charge in [0.05, 0.1) is 40.7 Å². The Morgan fingerprint density at radius 1 is 1.12 bits per heavy atom. The van der Waals surface area contributed by atoms with Crippen molar-refractivity contribution in [3.05, 3.63) is 94.9 Å². The first kappa shape index (κ1) is 36.1. The summed E-state index contributed by atoms with van der Waals surface area (Å²) < 4.78 is 24.2. The fourth-order valence-electron chi connectivity index (χ4n) is 4.75. The van der Waals surface area contributed by atoms with Gasteiger partial charge in [0.15, 0.2) is 0 Å². The first-order valence-corrected chi connectivity index (χ1v) is 15.7. The van der Waals surface area contributed by atoms with Crippen LogP contribution in [-0.4, -0.2) is 77.2 Å². The third kappa shape index (κ3) is 10.6. The number of nitriles is 1. The Bertz CT molecular complexity index is 1750. The molecule has 2 heterocycles. The molecule has 3 aromatic carbocycles. The number of phenolic OH excluding ortho intramolecular Hbond substituents is 1. The number of hydrogen-bond donors (Lipinski definition) is 5. The lowest BCUT2D eigenvalue weighted by Crippen LogP contribution is -2.30. The smallest absolute Gasteiger partial charge is 0.248 e. The van der Waals surface area contributed by atoms with Crippen molar-refractivity contribution in [2.45, 2.75) is 19.4 Å². The predicted molar refractivity (Wildman–Crippen MR) is 182 cm³/mol. The molecule has 0 bridgehead atoms. The van der Waals surface area contributed by atoms with Gasteiger partial charge in [-0.2, -0.15) is 5.26 Å². The second-order valence-electron chi connectivity index (χ2n) is 10.7. The highest BCUT2D eigenvalue weighted by molar-refractivity contribution is 6.32. The number of carbonyl (C=O) groups excluding carboxylic acids is 1. The van der Waals surface area contributed by atoms with E-state index in [9.17, 15) is 19.6 Å². The average Bonchev–Trinajstić information content (AvgIpc) is 3.66. The highest BCUT2D eigenvalue weighted by atomic mass is 35.5. The largest absolute Gasteiger partial charge is 0.506 e. The Kier molecular flexibility index (Phi) is 13.9. The van der Waals surface area contributed by atoms with Crippen molar-refractivity contribution >= 4 is 45.5 Å². The molecule has 48 heavy (non-hydrogen) atoms. The molecule has 0 spiro atoms. The third-order valence-corrected chi connectivity index (χ3v) is 7.44. The monoisotopic (exact) mass is 677 g/mol. The van der Waals surface area contributed by atoms with Crippen molar-refractivity contribution in [2.75, 3.05) is 56.7 Å². The van der Waals surface area contributed by atoms with Crippen molar-refractivity contribution in [1.29, 1.82) is 5.26 Å².